The van der Waals surface area contributed by atoms with Crippen molar-refractivity contribution in [3.05, 3.63) is 46.9 Å². The van der Waals surface area contributed by atoms with Crippen molar-refractivity contribution in [1.82, 2.24) is 9.88 Å². The minimum atomic E-state index is -0.0684. The Morgan fingerprint density at radius 3 is 2.45 bits per heavy atom. The molecule has 0 bridgehead atoms. The Hall–Kier alpha value is -1.59. The van der Waals surface area contributed by atoms with E-state index in [0.29, 0.717) is 11.0 Å². The van der Waals surface area contributed by atoms with Gasteiger partial charge in [0.15, 0.2) is 5.13 Å². The van der Waals surface area contributed by atoms with Crippen molar-refractivity contribution in [2.24, 2.45) is 5.92 Å². The van der Waals surface area contributed by atoms with E-state index in [1.165, 1.54) is 11.3 Å². The quantitative estimate of drug-likeness (QED) is 0.852. The van der Waals surface area contributed by atoms with Crippen molar-refractivity contribution in [2.75, 3.05) is 18.4 Å². The molecule has 1 aromatic carbocycles. The molecular formula is C16H22ClN3OS. The standard InChI is InChI=1S/C10H17N3OS.C6H5Cl/c1-4-13(7-8(2)3)10(14)12-9-11-5-6-15-9;7-6-4-2-1-3-5-6/h5-6,8H,4,7H2,1-3H3,(H,11,12,14);1-5H. The highest BCUT2D eigenvalue weighted by Crippen LogP contribution is 2.11. The fraction of sp³-hybridized carbons (Fsp3) is 0.375. The van der Waals surface area contributed by atoms with Crippen molar-refractivity contribution in [3.63, 3.8) is 0 Å². The predicted octanol–water partition coefficient (Wildman–Crippen LogP) is 4.99. The molecule has 2 rings (SSSR count). The van der Waals surface area contributed by atoms with Gasteiger partial charge in [0.25, 0.3) is 0 Å². The van der Waals surface area contributed by atoms with Crippen LogP contribution in [0.1, 0.15) is 20.8 Å². The molecule has 4 nitrogen and oxygen atoms in total. The third-order valence-electron chi connectivity index (χ3n) is 2.63. The Morgan fingerprint density at radius 1 is 1.36 bits per heavy atom. The molecule has 22 heavy (non-hydrogen) atoms. The second-order valence-electron chi connectivity index (χ2n) is 5.00. The van der Waals surface area contributed by atoms with E-state index in [9.17, 15) is 4.79 Å². The summed E-state index contributed by atoms with van der Waals surface area (Å²) in [6.45, 7) is 7.66. The van der Waals surface area contributed by atoms with Crippen LogP contribution in [0.5, 0.6) is 0 Å². The number of carbonyl (C=O) groups is 1. The molecule has 1 aromatic heterocycles. The molecule has 0 spiro atoms. The van der Waals surface area contributed by atoms with Gasteiger partial charge in [-0.05, 0) is 25.0 Å². The van der Waals surface area contributed by atoms with Gasteiger partial charge in [0.1, 0.15) is 0 Å². The van der Waals surface area contributed by atoms with Crippen LogP contribution in [-0.4, -0.2) is 29.0 Å². The first-order chi connectivity index (χ1) is 10.5. The SMILES string of the molecule is CCN(CC(C)C)C(=O)Nc1nccs1.Clc1ccccc1. The summed E-state index contributed by atoms with van der Waals surface area (Å²) in [5, 5.41) is 6.06. The van der Waals surface area contributed by atoms with Crippen LogP contribution in [0.4, 0.5) is 9.93 Å². The lowest BCUT2D eigenvalue weighted by Gasteiger charge is -2.22. The van der Waals surface area contributed by atoms with Crippen molar-refractivity contribution >= 4 is 34.1 Å². The highest BCUT2D eigenvalue weighted by molar-refractivity contribution is 7.13. The number of nitrogens with one attached hydrogen (secondary N) is 1. The smallest absolute Gasteiger partial charge is 0.323 e. The summed E-state index contributed by atoms with van der Waals surface area (Å²) in [7, 11) is 0. The number of hydrogen-bond donors (Lipinski definition) is 1. The number of anilines is 1. The number of thiazole rings is 1. The van der Waals surface area contributed by atoms with Crippen molar-refractivity contribution in [3.8, 4) is 0 Å². The fourth-order valence-electron chi connectivity index (χ4n) is 1.67. The zero-order valence-corrected chi connectivity index (χ0v) is 14.7. The minimum absolute atomic E-state index is 0.0684. The summed E-state index contributed by atoms with van der Waals surface area (Å²) in [6, 6.07) is 9.38. The summed E-state index contributed by atoms with van der Waals surface area (Å²) in [5.41, 5.74) is 0. The van der Waals surface area contributed by atoms with Crippen LogP contribution < -0.4 is 5.32 Å². The second-order valence-corrected chi connectivity index (χ2v) is 6.33. The number of hydrogen-bond acceptors (Lipinski definition) is 3. The van der Waals surface area contributed by atoms with Gasteiger partial charge in [0.05, 0.1) is 0 Å². The van der Waals surface area contributed by atoms with E-state index < -0.39 is 0 Å². The average molecular weight is 340 g/mol. The number of urea groups is 1. The zero-order chi connectivity index (χ0) is 16.4. The van der Waals surface area contributed by atoms with E-state index in [4.69, 9.17) is 11.6 Å². The third-order valence-corrected chi connectivity index (χ3v) is 3.57. The van der Waals surface area contributed by atoms with Crippen molar-refractivity contribution < 1.29 is 4.79 Å². The van der Waals surface area contributed by atoms with Crippen LogP contribution in [0.2, 0.25) is 5.02 Å². The maximum atomic E-state index is 11.8. The normalized spacial score (nSPS) is 9.86. The van der Waals surface area contributed by atoms with Crippen LogP contribution in [0, 0.1) is 5.92 Å². The molecule has 0 saturated carbocycles. The van der Waals surface area contributed by atoms with E-state index in [-0.39, 0.29) is 6.03 Å². The summed E-state index contributed by atoms with van der Waals surface area (Å²) in [5.74, 6) is 0.479. The molecule has 6 heteroatoms. The molecule has 0 radical (unpaired) electrons. The number of rotatable bonds is 4. The number of halogens is 1. The second kappa shape index (κ2) is 10.2. The molecule has 2 aromatic rings. The minimum Gasteiger partial charge on any atom is -0.325 e. The molecule has 0 aliphatic heterocycles. The fourth-order valence-corrected chi connectivity index (χ4v) is 2.33. The number of carbonyl (C=O) groups excluding carboxylic acids is 1. The lowest BCUT2D eigenvalue weighted by atomic mass is 10.2. The molecule has 0 atom stereocenters. The van der Waals surface area contributed by atoms with Crippen molar-refractivity contribution in [1.29, 1.82) is 0 Å². The average Bonchev–Trinajstić information content (AvgIpc) is 2.99. The van der Waals surface area contributed by atoms with Gasteiger partial charge in [-0.15, -0.1) is 11.3 Å². The molecule has 0 aliphatic rings. The Morgan fingerprint density at radius 2 is 2.05 bits per heavy atom. The van der Waals surface area contributed by atoms with Gasteiger partial charge < -0.3 is 4.90 Å². The van der Waals surface area contributed by atoms with Gasteiger partial charge in [0, 0.05) is 29.7 Å². The maximum Gasteiger partial charge on any atom is 0.323 e. The Labute approximate surface area is 141 Å². The largest absolute Gasteiger partial charge is 0.325 e. The summed E-state index contributed by atoms with van der Waals surface area (Å²) < 4.78 is 0. The zero-order valence-electron chi connectivity index (χ0n) is 13.1. The van der Waals surface area contributed by atoms with Gasteiger partial charge >= 0.3 is 6.03 Å². The number of benzene rings is 1. The Kier molecular flexibility index (Phi) is 8.55. The lowest BCUT2D eigenvalue weighted by molar-refractivity contribution is 0.208. The van der Waals surface area contributed by atoms with Gasteiger partial charge in [-0.3, -0.25) is 5.32 Å². The molecule has 2 amide bonds. The number of nitrogens with zero attached hydrogens (tertiary/aromatic N) is 2. The first-order valence-electron chi connectivity index (χ1n) is 7.18. The monoisotopic (exact) mass is 339 g/mol. The molecule has 0 fully saturated rings. The van der Waals surface area contributed by atoms with E-state index in [2.05, 4.69) is 24.1 Å². The van der Waals surface area contributed by atoms with Crippen LogP contribution >= 0.6 is 22.9 Å². The molecule has 0 aliphatic carbocycles. The van der Waals surface area contributed by atoms with E-state index >= 15 is 0 Å². The molecule has 0 unspecified atom stereocenters. The summed E-state index contributed by atoms with van der Waals surface area (Å²) in [4.78, 5) is 17.6. The molecule has 1 heterocycles. The first kappa shape index (κ1) is 18.5. The van der Waals surface area contributed by atoms with Gasteiger partial charge in [-0.2, -0.15) is 0 Å². The van der Waals surface area contributed by atoms with Crippen LogP contribution in [-0.2, 0) is 0 Å². The van der Waals surface area contributed by atoms with Crippen LogP contribution in [0.15, 0.2) is 41.9 Å². The van der Waals surface area contributed by atoms with E-state index in [1.54, 1.807) is 11.1 Å². The molecular weight excluding hydrogens is 318 g/mol. The van der Waals surface area contributed by atoms with Crippen LogP contribution in [0.3, 0.4) is 0 Å². The Bertz CT molecular complexity index is 532. The van der Waals surface area contributed by atoms with Crippen molar-refractivity contribution in [2.45, 2.75) is 20.8 Å². The van der Waals surface area contributed by atoms with Gasteiger partial charge in [-0.1, -0.05) is 43.6 Å². The first-order valence-corrected chi connectivity index (χ1v) is 8.44. The topological polar surface area (TPSA) is 45.2 Å². The highest BCUT2D eigenvalue weighted by atomic mass is 35.5. The maximum absolute atomic E-state index is 11.8. The molecule has 120 valence electrons. The van der Waals surface area contributed by atoms with E-state index in [0.717, 1.165) is 18.1 Å². The lowest BCUT2D eigenvalue weighted by Crippen LogP contribution is -2.37. The predicted molar refractivity (Wildman–Crippen MR) is 94.7 cm³/mol. The van der Waals surface area contributed by atoms with E-state index in [1.807, 2.05) is 42.6 Å². The number of aromatic nitrogens is 1. The highest BCUT2D eigenvalue weighted by Gasteiger charge is 2.13. The summed E-state index contributed by atoms with van der Waals surface area (Å²) in [6.07, 6.45) is 1.68. The molecule has 0 saturated heterocycles. The van der Waals surface area contributed by atoms with Gasteiger partial charge in [0.2, 0.25) is 0 Å². The molecule has 1 N–H and O–H groups in total. The Balaban J connectivity index is 0.000000287. The van der Waals surface area contributed by atoms with Crippen LogP contribution in [0.25, 0.3) is 0 Å². The number of amides is 2. The summed E-state index contributed by atoms with van der Waals surface area (Å²) >= 11 is 6.97. The third kappa shape index (κ3) is 7.43. The van der Waals surface area contributed by atoms with Gasteiger partial charge in [-0.25, -0.2) is 9.78 Å².